The van der Waals surface area contributed by atoms with Crippen LogP contribution in [0, 0.1) is 0 Å². The zero-order chi connectivity index (χ0) is 23.1. The summed E-state index contributed by atoms with van der Waals surface area (Å²) in [6, 6.07) is 0. The molecule has 2 fully saturated rings. The fraction of sp³-hybridized carbons (Fsp3) is 0.615. The molecule has 3 heterocycles. The van der Waals surface area contributed by atoms with Crippen LogP contribution in [-0.2, 0) is 22.7 Å². The number of phosphoric ester groups is 1. The van der Waals surface area contributed by atoms with Gasteiger partial charge in [0.2, 0.25) is 5.95 Å². The minimum atomic E-state index is -5.39. The number of nitrogens with two attached hydrogens (primary N) is 1. The molecule has 15 nitrogen and oxygen atoms in total. The number of aromatic nitrogens is 4. The first kappa shape index (κ1) is 22.5. The predicted molar refractivity (Wildman–Crippen MR) is 100 cm³/mol. The number of nitrogens with zero attached hydrogens (tertiary/aromatic N) is 5. The van der Waals surface area contributed by atoms with Crippen molar-refractivity contribution >= 4 is 38.6 Å². The monoisotopic (exact) mass is 484 g/mol. The Labute approximate surface area is 173 Å². The third-order valence-electron chi connectivity index (χ3n) is 5.11. The van der Waals surface area contributed by atoms with Crippen LogP contribution >= 0.6 is 15.6 Å². The van der Waals surface area contributed by atoms with Crippen molar-refractivity contribution in [1.29, 1.82) is 0 Å². The Bertz CT molecular complexity index is 1150. The Balaban J connectivity index is 1.64. The average Bonchev–Trinajstić information content (AvgIpc) is 2.88. The molecular formula is C13H19FN6O9P2. The van der Waals surface area contributed by atoms with Crippen LogP contribution in [0.1, 0.15) is 13.2 Å². The molecule has 31 heavy (non-hydrogen) atoms. The molecule has 2 aromatic rings. The lowest BCUT2D eigenvalue weighted by atomic mass is 9.97. The normalized spacial score (nSPS) is 34.5. The van der Waals surface area contributed by atoms with Crippen LogP contribution < -0.4 is 10.6 Å². The summed E-state index contributed by atoms with van der Waals surface area (Å²) < 4.78 is 53.2. The van der Waals surface area contributed by atoms with E-state index in [1.807, 2.05) is 0 Å². The highest BCUT2D eigenvalue weighted by Crippen LogP contribution is 2.68. The number of alkyl halides is 1. The number of fused-ring (bicyclic) bond motifs is 2. The van der Waals surface area contributed by atoms with Gasteiger partial charge in [0.05, 0.1) is 6.33 Å². The van der Waals surface area contributed by atoms with Crippen LogP contribution in [0.25, 0.3) is 11.2 Å². The highest BCUT2D eigenvalue weighted by atomic mass is 31.3. The van der Waals surface area contributed by atoms with E-state index in [0.717, 1.165) is 6.92 Å². The molecule has 0 amide bonds. The molecule has 2 aliphatic rings. The van der Waals surface area contributed by atoms with Crippen molar-refractivity contribution in [2.45, 2.75) is 36.6 Å². The summed E-state index contributed by atoms with van der Waals surface area (Å²) >= 11 is 0. The van der Waals surface area contributed by atoms with E-state index >= 15 is 4.39 Å². The summed E-state index contributed by atoms with van der Waals surface area (Å²) in [4.78, 5) is 40.8. The smallest absolute Gasteiger partial charge is 0.381 e. The molecule has 18 heteroatoms. The molecule has 0 aromatic carbocycles. The van der Waals surface area contributed by atoms with E-state index in [-0.39, 0.29) is 17.1 Å². The number of nitrogen functional groups attached to an aromatic ring is 1. The average molecular weight is 484 g/mol. The van der Waals surface area contributed by atoms with Crippen LogP contribution in [0.5, 0.6) is 0 Å². The van der Waals surface area contributed by atoms with Crippen molar-refractivity contribution < 1.29 is 46.9 Å². The van der Waals surface area contributed by atoms with Gasteiger partial charge in [0.1, 0.15) is 12.2 Å². The van der Waals surface area contributed by atoms with E-state index in [4.69, 9.17) is 20.3 Å². The topological polar surface area (TPSA) is 216 Å². The Morgan fingerprint density at radius 3 is 2.48 bits per heavy atom. The van der Waals surface area contributed by atoms with Crippen LogP contribution in [0.15, 0.2) is 6.33 Å². The van der Waals surface area contributed by atoms with E-state index in [0.29, 0.717) is 5.82 Å². The Morgan fingerprint density at radius 1 is 1.32 bits per heavy atom. The predicted octanol–water partition coefficient (Wildman–Crippen LogP) is -0.560. The largest absolute Gasteiger partial charge is 0.481 e. The molecule has 1 aliphatic heterocycles. The van der Waals surface area contributed by atoms with E-state index in [1.165, 1.54) is 10.9 Å². The Hall–Kier alpha value is -1.74. The van der Waals surface area contributed by atoms with E-state index in [9.17, 15) is 19.1 Å². The molecule has 0 spiro atoms. The second-order valence-electron chi connectivity index (χ2n) is 7.50. The standard InChI is InChI=1S/C13H19FN6O9P2/c1-12(14)10(20-4-16-5-8(19(2)3)17-11(15)18-9(5)20)27-6-7(13(6,12)21)28-31(25,26)29-30(22,23)24/h4,6-7,10,21H,1-3H3,(H,25,26)(H2,15,17,18)(H2,22,23,24)/t6-,7?,10-,12+,13+/m1/s1. The maximum atomic E-state index is 15.8. The summed E-state index contributed by atoms with van der Waals surface area (Å²) in [5.74, 6) is 0.248. The first-order chi connectivity index (χ1) is 14.1. The number of hydrogen-bond donors (Lipinski definition) is 5. The molecule has 172 valence electrons. The van der Waals surface area contributed by atoms with Crippen molar-refractivity contribution in [3.8, 4) is 0 Å². The number of anilines is 2. The molecule has 6 N–H and O–H groups in total. The highest BCUT2D eigenvalue weighted by molar-refractivity contribution is 7.60. The third kappa shape index (κ3) is 3.44. The number of phosphoric acid groups is 2. The van der Waals surface area contributed by atoms with Gasteiger partial charge in [-0.15, -0.1) is 0 Å². The Morgan fingerprint density at radius 2 is 1.97 bits per heavy atom. The second kappa shape index (κ2) is 6.63. The van der Waals surface area contributed by atoms with Gasteiger partial charge in [-0.3, -0.25) is 9.09 Å². The zero-order valence-corrected chi connectivity index (χ0v) is 18.0. The molecule has 6 atom stereocenters. The van der Waals surface area contributed by atoms with Crippen molar-refractivity contribution in [2.75, 3.05) is 24.7 Å². The fourth-order valence-corrected chi connectivity index (χ4v) is 5.46. The molecule has 0 radical (unpaired) electrons. The van der Waals surface area contributed by atoms with Crippen LogP contribution in [-0.4, -0.2) is 76.9 Å². The summed E-state index contributed by atoms with van der Waals surface area (Å²) in [5.41, 5.74) is 1.09. The molecule has 4 rings (SSSR count). The van der Waals surface area contributed by atoms with E-state index in [1.54, 1.807) is 19.0 Å². The summed E-state index contributed by atoms with van der Waals surface area (Å²) in [6.07, 6.45) is -3.45. The molecule has 0 bridgehead atoms. The number of aliphatic hydroxyl groups is 1. The van der Waals surface area contributed by atoms with Gasteiger partial charge in [-0.25, -0.2) is 18.5 Å². The molecule has 2 aromatic heterocycles. The quantitative estimate of drug-likeness (QED) is 0.325. The van der Waals surface area contributed by atoms with Crippen molar-refractivity contribution in [3.63, 3.8) is 0 Å². The van der Waals surface area contributed by atoms with E-state index < -0.39 is 45.4 Å². The zero-order valence-electron chi connectivity index (χ0n) is 16.2. The van der Waals surface area contributed by atoms with Gasteiger partial charge in [0, 0.05) is 14.1 Å². The van der Waals surface area contributed by atoms with Gasteiger partial charge in [-0.1, -0.05) is 0 Å². The van der Waals surface area contributed by atoms with Gasteiger partial charge in [0.25, 0.3) is 0 Å². The number of imidazole rings is 1. The van der Waals surface area contributed by atoms with Gasteiger partial charge < -0.3 is 35.2 Å². The number of ether oxygens (including phenoxy) is 1. The summed E-state index contributed by atoms with van der Waals surface area (Å²) in [5, 5.41) is 10.8. The minimum absolute atomic E-state index is 0.114. The molecule has 1 saturated heterocycles. The van der Waals surface area contributed by atoms with Crippen molar-refractivity contribution in [2.24, 2.45) is 0 Å². The first-order valence-electron chi connectivity index (χ1n) is 8.60. The number of hydrogen-bond acceptors (Lipinski definition) is 11. The maximum Gasteiger partial charge on any atom is 0.481 e. The minimum Gasteiger partial charge on any atom is -0.381 e. The number of halogens is 1. The van der Waals surface area contributed by atoms with Gasteiger partial charge in [0.15, 0.2) is 34.5 Å². The third-order valence-corrected chi connectivity index (χ3v) is 7.28. The van der Waals surface area contributed by atoms with Gasteiger partial charge in [-0.05, 0) is 6.92 Å². The van der Waals surface area contributed by atoms with Crippen LogP contribution in [0.4, 0.5) is 16.2 Å². The van der Waals surface area contributed by atoms with E-state index in [2.05, 4.69) is 23.8 Å². The molecule has 1 saturated carbocycles. The van der Waals surface area contributed by atoms with Crippen molar-refractivity contribution in [3.05, 3.63) is 6.33 Å². The summed E-state index contributed by atoms with van der Waals surface area (Å²) in [6.45, 7) is 0.969. The SMILES string of the molecule is CN(C)c1nc(N)nc2c1ncn2[C@@H]1O[C@@H]2C(OP(=O)(O)OP(=O)(O)O)[C@]2(O)[C@@]1(C)F. The van der Waals surface area contributed by atoms with Gasteiger partial charge in [-0.2, -0.15) is 14.3 Å². The second-order valence-corrected chi connectivity index (χ2v) is 10.3. The lowest BCUT2D eigenvalue weighted by Gasteiger charge is -2.30. The summed E-state index contributed by atoms with van der Waals surface area (Å²) in [7, 11) is -7.34. The van der Waals surface area contributed by atoms with Crippen molar-refractivity contribution in [1.82, 2.24) is 19.5 Å². The molecule has 1 aliphatic carbocycles. The van der Waals surface area contributed by atoms with Crippen LogP contribution in [0.2, 0.25) is 0 Å². The molecular weight excluding hydrogens is 465 g/mol. The first-order valence-corrected chi connectivity index (χ1v) is 11.6. The highest BCUT2D eigenvalue weighted by Gasteiger charge is 2.85. The molecule has 2 unspecified atom stereocenters. The lowest BCUT2D eigenvalue weighted by molar-refractivity contribution is -0.112. The van der Waals surface area contributed by atoms with Crippen LogP contribution in [0.3, 0.4) is 0 Å². The Kier molecular flexibility index (Phi) is 4.81. The number of rotatable bonds is 6. The van der Waals surface area contributed by atoms with Gasteiger partial charge >= 0.3 is 15.6 Å². The maximum absolute atomic E-state index is 15.8. The fourth-order valence-electron chi connectivity index (χ4n) is 3.67. The lowest BCUT2D eigenvalue weighted by Crippen LogP contribution is -2.45.